The van der Waals surface area contributed by atoms with Crippen LogP contribution in [0, 0.1) is 6.92 Å². The van der Waals surface area contributed by atoms with Crippen LogP contribution >= 0.6 is 24.0 Å². The molecule has 0 bridgehead atoms. The highest BCUT2D eigenvalue weighted by molar-refractivity contribution is 14.0. The van der Waals surface area contributed by atoms with Crippen LogP contribution in [0.25, 0.3) is 0 Å². The van der Waals surface area contributed by atoms with E-state index < -0.39 is 9.84 Å². The molecule has 1 aromatic rings. The molecule has 1 aromatic carbocycles. The first kappa shape index (κ1) is 24.4. The molecule has 0 amide bonds. The number of nitrogens with one attached hydrogen (secondary N) is 2. The Morgan fingerprint density at radius 1 is 1.34 bits per heavy atom. The van der Waals surface area contributed by atoms with E-state index in [0.29, 0.717) is 17.5 Å². The first-order valence-electron chi connectivity index (χ1n) is 10.0. The molecule has 2 N–H and O–H groups in total. The molecule has 29 heavy (non-hydrogen) atoms. The van der Waals surface area contributed by atoms with Gasteiger partial charge in [0, 0.05) is 31.9 Å². The third-order valence-electron chi connectivity index (χ3n) is 5.36. The Balaban J connectivity index is 0.00000300. The summed E-state index contributed by atoms with van der Waals surface area (Å²) in [5.41, 5.74) is 1.74. The van der Waals surface area contributed by atoms with Crippen molar-refractivity contribution in [1.29, 1.82) is 0 Å². The lowest BCUT2D eigenvalue weighted by Gasteiger charge is -2.35. The molecule has 2 unspecified atom stereocenters. The van der Waals surface area contributed by atoms with E-state index in [-0.39, 0.29) is 30.1 Å². The topological polar surface area (TPSA) is 83.0 Å². The van der Waals surface area contributed by atoms with Crippen molar-refractivity contribution in [3.8, 4) is 0 Å². The molecule has 0 aromatic heterocycles. The van der Waals surface area contributed by atoms with E-state index >= 15 is 0 Å². The number of hydrogen-bond donors (Lipinski definition) is 2. The van der Waals surface area contributed by atoms with Gasteiger partial charge in [0.2, 0.25) is 0 Å². The van der Waals surface area contributed by atoms with Crippen LogP contribution in [0.2, 0.25) is 0 Å². The third-order valence-corrected chi connectivity index (χ3v) is 6.62. The van der Waals surface area contributed by atoms with Crippen molar-refractivity contribution >= 4 is 39.8 Å². The first-order valence-corrected chi connectivity index (χ1v) is 11.9. The molecule has 0 aliphatic carbocycles. The maximum Gasteiger partial charge on any atom is 0.191 e. The molecule has 0 radical (unpaired) electrons. The van der Waals surface area contributed by atoms with Gasteiger partial charge >= 0.3 is 0 Å². The largest absolute Gasteiger partial charge is 0.373 e. The Labute approximate surface area is 191 Å². The van der Waals surface area contributed by atoms with Crippen molar-refractivity contribution in [1.82, 2.24) is 15.5 Å². The van der Waals surface area contributed by atoms with Gasteiger partial charge in [0.1, 0.15) is 0 Å². The highest BCUT2D eigenvalue weighted by atomic mass is 127. The second kappa shape index (κ2) is 10.9. The monoisotopic (exact) mass is 536 g/mol. The Kier molecular flexibility index (Phi) is 9.17. The predicted octanol–water partition coefficient (Wildman–Crippen LogP) is 1.93. The van der Waals surface area contributed by atoms with Gasteiger partial charge in [-0.25, -0.2) is 13.4 Å². The maximum absolute atomic E-state index is 11.8. The molecular formula is C20H33IN4O3S. The Morgan fingerprint density at radius 3 is 2.83 bits per heavy atom. The van der Waals surface area contributed by atoms with Gasteiger partial charge in [-0.3, -0.25) is 4.90 Å². The summed E-state index contributed by atoms with van der Waals surface area (Å²) in [6.45, 7) is 8.82. The molecular weight excluding hydrogens is 503 g/mol. The van der Waals surface area contributed by atoms with Gasteiger partial charge in [-0.2, -0.15) is 0 Å². The number of hydrogen-bond acceptors (Lipinski definition) is 5. The predicted molar refractivity (Wildman–Crippen MR) is 127 cm³/mol. The Hall–Kier alpha value is -0.910. The van der Waals surface area contributed by atoms with Crippen LogP contribution in [0.15, 0.2) is 28.1 Å². The summed E-state index contributed by atoms with van der Waals surface area (Å²) in [5.74, 6) is 0.750. The lowest BCUT2D eigenvalue weighted by molar-refractivity contribution is -0.0453. The second-order valence-electron chi connectivity index (χ2n) is 7.69. The maximum atomic E-state index is 11.8. The third kappa shape index (κ3) is 6.80. The summed E-state index contributed by atoms with van der Waals surface area (Å²) in [6, 6.07) is 5.99. The highest BCUT2D eigenvalue weighted by Crippen LogP contribution is 2.22. The number of aliphatic imine (C=N–C) groups is 1. The number of ether oxygens (including phenoxy) is 1. The number of rotatable bonds is 6. The van der Waals surface area contributed by atoms with Crippen LogP contribution in [0.4, 0.5) is 0 Å². The number of fused-ring (bicyclic) bond motifs is 1. The SMILES string of the molecule is CCNC(=NCc1ccc(S(C)(=O)=O)c(C)c1)NCC1CN2CCCC2CO1.I. The molecule has 2 fully saturated rings. The van der Waals surface area contributed by atoms with Crippen LogP contribution in [0.5, 0.6) is 0 Å². The Morgan fingerprint density at radius 2 is 2.14 bits per heavy atom. The first-order chi connectivity index (χ1) is 13.4. The van der Waals surface area contributed by atoms with Crippen LogP contribution in [0.3, 0.4) is 0 Å². The lowest BCUT2D eigenvalue weighted by atomic mass is 10.1. The Bertz CT molecular complexity index is 816. The number of halogens is 1. The van der Waals surface area contributed by atoms with Crippen molar-refractivity contribution in [2.75, 3.05) is 39.0 Å². The van der Waals surface area contributed by atoms with E-state index in [9.17, 15) is 8.42 Å². The summed E-state index contributed by atoms with van der Waals surface area (Å²) in [6.07, 6.45) is 3.94. The van der Waals surface area contributed by atoms with E-state index in [1.807, 2.05) is 26.0 Å². The molecule has 7 nitrogen and oxygen atoms in total. The van der Waals surface area contributed by atoms with Crippen molar-refractivity contribution in [3.63, 3.8) is 0 Å². The normalized spacial score (nSPS) is 22.7. The standard InChI is InChI=1S/C20H32N4O3S.HI/c1-4-21-20(23-12-18-13-24-9-5-6-17(24)14-27-18)22-11-16-7-8-19(15(2)10-16)28(3,25)26;/h7-8,10,17-18H,4-6,9,11-14H2,1-3H3,(H2,21,22,23);1H. The quantitative estimate of drug-likeness (QED) is 0.329. The number of morpholine rings is 1. The number of aryl methyl sites for hydroxylation is 1. The molecule has 2 aliphatic heterocycles. The van der Waals surface area contributed by atoms with Gasteiger partial charge in [-0.05, 0) is 50.4 Å². The number of sulfone groups is 1. The smallest absolute Gasteiger partial charge is 0.191 e. The van der Waals surface area contributed by atoms with Crippen molar-refractivity contribution in [2.24, 2.45) is 4.99 Å². The molecule has 2 heterocycles. The average Bonchev–Trinajstić information content (AvgIpc) is 3.10. The highest BCUT2D eigenvalue weighted by Gasteiger charge is 2.32. The fraction of sp³-hybridized carbons (Fsp3) is 0.650. The number of guanidine groups is 1. The van der Waals surface area contributed by atoms with Crippen LogP contribution in [-0.2, 0) is 21.1 Å². The molecule has 164 valence electrons. The minimum Gasteiger partial charge on any atom is -0.373 e. The molecule has 0 spiro atoms. The van der Waals surface area contributed by atoms with Crippen molar-refractivity contribution in [3.05, 3.63) is 29.3 Å². The summed E-state index contributed by atoms with van der Waals surface area (Å²) < 4.78 is 29.5. The van der Waals surface area contributed by atoms with E-state index in [0.717, 1.165) is 43.3 Å². The molecule has 9 heteroatoms. The van der Waals surface area contributed by atoms with Crippen molar-refractivity contribution < 1.29 is 13.2 Å². The van der Waals surface area contributed by atoms with Crippen LogP contribution in [0.1, 0.15) is 30.9 Å². The van der Waals surface area contributed by atoms with E-state index in [4.69, 9.17) is 4.74 Å². The van der Waals surface area contributed by atoms with Crippen molar-refractivity contribution in [2.45, 2.75) is 50.3 Å². The molecule has 3 rings (SSSR count). The minimum atomic E-state index is -3.20. The fourth-order valence-corrected chi connectivity index (χ4v) is 4.92. The minimum absolute atomic E-state index is 0. The molecule has 2 saturated heterocycles. The van der Waals surface area contributed by atoms with Crippen LogP contribution < -0.4 is 10.6 Å². The van der Waals surface area contributed by atoms with E-state index in [1.54, 1.807) is 6.07 Å². The summed E-state index contributed by atoms with van der Waals surface area (Å²) in [7, 11) is -3.20. The lowest BCUT2D eigenvalue weighted by Crippen LogP contribution is -2.51. The number of benzene rings is 1. The van der Waals surface area contributed by atoms with Gasteiger partial charge in [0.25, 0.3) is 0 Å². The average molecular weight is 536 g/mol. The van der Waals surface area contributed by atoms with Gasteiger partial charge in [0.15, 0.2) is 15.8 Å². The number of nitrogens with zero attached hydrogens (tertiary/aromatic N) is 2. The summed E-state index contributed by atoms with van der Waals surface area (Å²) >= 11 is 0. The van der Waals surface area contributed by atoms with Gasteiger partial charge in [0.05, 0.1) is 24.2 Å². The molecule has 2 aliphatic rings. The van der Waals surface area contributed by atoms with Gasteiger partial charge in [-0.15, -0.1) is 24.0 Å². The zero-order valence-corrected chi connectivity index (χ0v) is 20.6. The van der Waals surface area contributed by atoms with Crippen LogP contribution in [-0.4, -0.2) is 70.5 Å². The molecule has 0 saturated carbocycles. The second-order valence-corrected chi connectivity index (χ2v) is 9.68. The summed E-state index contributed by atoms with van der Waals surface area (Å²) in [4.78, 5) is 7.55. The van der Waals surface area contributed by atoms with E-state index in [1.165, 1.54) is 25.6 Å². The summed E-state index contributed by atoms with van der Waals surface area (Å²) in [5, 5.41) is 6.64. The van der Waals surface area contributed by atoms with Gasteiger partial charge in [-0.1, -0.05) is 12.1 Å². The zero-order chi connectivity index (χ0) is 20.1. The zero-order valence-electron chi connectivity index (χ0n) is 17.5. The van der Waals surface area contributed by atoms with Gasteiger partial charge < -0.3 is 15.4 Å². The fourth-order valence-electron chi connectivity index (χ4n) is 3.96. The molecule has 2 atom stereocenters. The van der Waals surface area contributed by atoms with E-state index in [2.05, 4.69) is 20.5 Å².